The van der Waals surface area contributed by atoms with Crippen LogP contribution in [0.1, 0.15) is 27.6 Å². The van der Waals surface area contributed by atoms with Crippen molar-refractivity contribution in [3.8, 4) is 0 Å². The first kappa shape index (κ1) is 10.5. The van der Waals surface area contributed by atoms with E-state index in [0.29, 0.717) is 0 Å². The van der Waals surface area contributed by atoms with Crippen LogP contribution in [0.25, 0.3) is 0 Å². The van der Waals surface area contributed by atoms with Crippen molar-refractivity contribution >= 4 is 29.0 Å². The zero-order chi connectivity index (χ0) is 10.9. The Morgan fingerprint density at radius 1 is 1.36 bits per heavy atom. The molecule has 0 saturated carbocycles. The van der Waals surface area contributed by atoms with Gasteiger partial charge in [-0.2, -0.15) is 0 Å². The smallest absolute Gasteiger partial charge is 0.337 e. The largest absolute Gasteiger partial charge is 0.478 e. The minimum Gasteiger partial charge on any atom is -0.478 e. The number of carbonyl (C=O) groups is 2. The van der Waals surface area contributed by atoms with Crippen molar-refractivity contribution in [3.63, 3.8) is 0 Å². The molecule has 0 heterocycles. The third-order valence-electron chi connectivity index (χ3n) is 1.75. The van der Waals surface area contributed by atoms with E-state index in [9.17, 15) is 9.59 Å². The van der Waals surface area contributed by atoms with Crippen molar-refractivity contribution in [3.05, 3.63) is 28.3 Å². The van der Waals surface area contributed by atoms with E-state index in [0.717, 1.165) is 0 Å². The molecule has 1 aromatic rings. The predicted molar refractivity (Wildman–Crippen MR) is 52.8 cm³/mol. The van der Waals surface area contributed by atoms with Gasteiger partial charge in [0.2, 0.25) is 0 Å². The minimum atomic E-state index is -1.20. The lowest BCUT2D eigenvalue weighted by Crippen LogP contribution is -2.08. The summed E-state index contributed by atoms with van der Waals surface area (Å²) in [5, 5.41) is 8.93. The third-order valence-corrected chi connectivity index (χ3v) is 1.97. The molecule has 14 heavy (non-hydrogen) atoms. The number of carboxylic acid groups (broad SMARTS) is 1. The molecule has 0 aliphatic carbocycles. The number of hydrogen-bond donors (Lipinski definition) is 2. The first-order chi connectivity index (χ1) is 6.43. The fourth-order valence-corrected chi connectivity index (χ4v) is 1.30. The molecule has 0 aliphatic heterocycles. The molecule has 0 saturated heterocycles. The lowest BCUT2D eigenvalue weighted by Gasteiger charge is -2.06. The first-order valence-corrected chi connectivity index (χ1v) is 4.14. The Kier molecular flexibility index (Phi) is 2.76. The summed E-state index contributed by atoms with van der Waals surface area (Å²) in [6.07, 6.45) is 0. The summed E-state index contributed by atoms with van der Waals surface area (Å²) >= 11 is 5.64. The van der Waals surface area contributed by atoms with Gasteiger partial charge in [-0.05, 0) is 19.1 Å². The van der Waals surface area contributed by atoms with Gasteiger partial charge in [0.1, 0.15) is 0 Å². The van der Waals surface area contributed by atoms with Crippen LogP contribution in [0.5, 0.6) is 0 Å². The summed E-state index contributed by atoms with van der Waals surface area (Å²) in [6, 6.07) is 2.57. The van der Waals surface area contributed by atoms with Crippen molar-refractivity contribution in [2.24, 2.45) is 0 Å². The van der Waals surface area contributed by atoms with Gasteiger partial charge in [-0.15, -0.1) is 0 Å². The third kappa shape index (κ3) is 1.85. The van der Waals surface area contributed by atoms with Crippen LogP contribution in [0.3, 0.4) is 0 Å². The number of halogens is 1. The maximum atomic E-state index is 11.1. The Morgan fingerprint density at radius 3 is 2.29 bits per heavy atom. The van der Waals surface area contributed by atoms with Crippen LogP contribution in [0.15, 0.2) is 12.1 Å². The molecule has 4 nitrogen and oxygen atoms in total. The summed E-state index contributed by atoms with van der Waals surface area (Å²) in [6.45, 7) is 1.30. The van der Waals surface area contributed by atoms with Crippen molar-refractivity contribution in [1.29, 1.82) is 0 Å². The van der Waals surface area contributed by atoms with Crippen molar-refractivity contribution in [2.75, 3.05) is 5.73 Å². The molecule has 5 heteroatoms. The molecule has 74 valence electrons. The predicted octanol–water partition coefficient (Wildman–Crippen LogP) is 1.82. The van der Waals surface area contributed by atoms with E-state index < -0.39 is 5.97 Å². The molecule has 0 radical (unpaired) electrons. The molecular formula is C9H8ClNO3. The molecule has 0 atom stereocenters. The number of benzene rings is 1. The SMILES string of the molecule is CC(=O)c1cc(Cl)cc(C(=O)O)c1N. The molecule has 0 fully saturated rings. The summed E-state index contributed by atoms with van der Waals surface area (Å²) < 4.78 is 0. The van der Waals surface area contributed by atoms with Crippen LogP contribution in [0.2, 0.25) is 5.02 Å². The Bertz CT molecular complexity index is 380. The van der Waals surface area contributed by atoms with Crippen LogP contribution < -0.4 is 5.73 Å². The van der Waals surface area contributed by atoms with Crippen LogP contribution >= 0.6 is 11.6 Å². The van der Waals surface area contributed by atoms with Gasteiger partial charge in [-0.3, -0.25) is 4.79 Å². The summed E-state index contributed by atoms with van der Waals surface area (Å²) in [4.78, 5) is 21.8. The van der Waals surface area contributed by atoms with Gasteiger partial charge in [-0.1, -0.05) is 11.6 Å². The van der Waals surface area contributed by atoms with Crippen LogP contribution in [0, 0.1) is 0 Å². The number of nitrogens with two attached hydrogens (primary N) is 1. The zero-order valence-corrected chi connectivity index (χ0v) is 8.13. The normalized spacial score (nSPS) is 9.86. The maximum absolute atomic E-state index is 11.1. The highest BCUT2D eigenvalue weighted by molar-refractivity contribution is 6.31. The summed E-state index contributed by atoms with van der Waals surface area (Å²) in [5.74, 6) is -1.51. The molecule has 0 aliphatic rings. The van der Waals surface area contributed by atoms with Gasteiger partial charge >= 0.3 is 5.97 Å². The molecule has 0 unspecified atom stereocenters. The molecule has 0 spiro atoms. The van der Waals surface area contributed by atoms with E-state index in [2.05, 4.69) is 0 Å². The topological polar surface area (TPSA) is 80.4 Å². The Labute approximate surface area is 85.3 Å². The Balaban J connectivity index is 3.47. The first-order valence-electron chi connectivity index (χ1n) is 3.76. The Morgan fingerprint density at radius 2 is 1.86 bits per heavy atom. The van der Waals surface area contributed by atoms with E-state index in [1.54, 1.807) is 0 Å². The lowest BCUT2D eigenvalue weighted by atomic mass is 10.0. The minimum absolute atomic E-state index is 0.0469. The van der Waals surface area contributed by atoms with Gasteiger partial charge in [0.15, 0.2) is 5.78 Å². The van der Waals surface area contributed by atoms with E-state index in [4.69, 9.17) is 22.4 Å². The molecule has 0 amide bonds. The average molecular weight is 214 g/mol. The summed E-state index contributed by atoms with van der Waals surface area (Å²) in [5.41, 5.74) is 5.43. The highest BCUT2D eigenvalue weighted by Crippen LogP contribution is 2.23. The lowest BCUT2D eigenvalue weighted by molar-refractivity contribution is 0.0698. The molecular weight excluding hydrogens is 206 g/mol. The number of Topliss-reactive ketones (excluding diaryl/α,β-unsaturated/α-hetero) is 1. The zero-order valence-electron chi connectivity index (χ0n) is 7.37. The van der Waals surface area contributed by atoms with Gasteiger partial charge in [-0.25, -0.2) is 4.79 Å². The highest BCUT2D eigenvalue weighted by Gasteiger charge is 2.15. The van der Waals surface area contributed by atoms with E-state index >= 15 is 0 Å². The van der Waals surface area contributed by atoms with Crippen LogP contribution in [-0.2, 0) is 0 Å². The molecule has 0 aromatic heterocycles. The van der Waals surface area contributed by atoms with E-state index in [-0.39, 0.29) is 27.6 Å². The number of carbonyl (C=O) groups excluding carboxylic acids is 1. The molecule has 0 bridgehead atoms. The van der Waals surface area contributed by atoms with Crippen LogP contribution in [-0.4, -0.2) is 16.9 Å². The van der Waals surface area contributed by atoms with Crippen molar-refractivity contribution < 1.29 is 14.7 Å². The fourth-order valence-electron chi connectivity index (χ4n) is 1.09. The molecule has 1 aromatic carbocycles. The second kappa shape index (κ2) is 3.67. The molecule has 1 rings (SSSR count). The van der Waals surface area contributed by atoms with Gasteiger partial charge in [0, 0.05) is 10.6 Å². The standard InChI is InChI=1S/C9H8ClNO3/c1-4(12)6-2-5(10)3-7(8(6)11)9(13)14/h2-3H,11H2,1H3,(H,13,14). The fraction of sp³-hybridized carbons (Fsp3) is 0.111. The average Bonchev–Trinajstić information content (AvgIpc) is 2.07. The second-order valence-corrected chi connectivity index (χ2v) is 3.21. The van der Waals surface area contributed by atoms with Gasteiger partial charge < -0.3 is 10.8 Å². The number of nitrogen functional groups attached to an aromatic ring is 1. The Hall–Kier alpha value is -1.55. The van der Waals surface area contributed by atoms with Crippen molar-refractivity contribution in [2.45, 2.75) is 6.92 Å². The number of ketones is 1. The maximum Gasteiger partial charge on any atom is 0.337 e. The quantitative estimate of drug-likeness (QED) is 0.580. The van der Waals surface area contributed by atoms with Gasteiger partial charge in [0.05, 0.1) is 11.3 Å². The number of aromatic carboxylic acids is 1. The van der Waals surface area contributed by atoms with E-state index in [1.807, 2.05) is 0 Å². The number of hydrogen-bond acceptors (Lipinski definition) is 3. The second-order valence-electron chi connectivity index (χ2n) is 2.78. The monoisotopic (exact) mass is 213 g/mol. The summed E-state index contributed by atoms with van der Waals surface area (Å²) in [7, 11) is 0. The highest BCUT2D eigenvalue weighted by atomic mass is 35.5. The number of rotatable bonds is 2. The molecule has 3 N–H and O–H groups in total. The number of carboxylic acids is 1. The van der Waals surface area contributed by atoms with Crippen molar-refractivity contribution in [1.82, 2.24) is 0 Å². The van der Waals surface area contributed by atoms with E-state index in [1.165, 1.54) is 19.1 Å². The van der Waals surface area contributed by atoms with Gasteiger partial charge in [0.25, 0.3) is 0 Å². The number of anilines is 1. The van der Waals surface area contributed by atoms with Crippen LogP contribution in [0.4, 0.5) is 5.69 Å².